The van der Waals surface area contributed by atoms with Gasteiger partial charge in [0.25, 0.3) is 5.91 Å². The molecule has 4 amide bonds. The van der Waals surface area contributed by atoms with E-state index in [1.165, 1.54) is 11.1 Å². The maximum atomic E-state index is 13.6. The van der Waals surface area contributed by atoms with Crippen molar-refractivity contribution >= 4 is 23.5 Å². The van der Waals surface area contributed by atoms with Gasteiger partial charge in [-0.2, -0.15) is 13.2 Å². The van der Waals surface area contributed by atoms with Gasteiger partial charge in [0, 0.05) is 31.7 Å². The van der Waals surface area contributed by atoms with Crippen LogP contribution in [0.15, 0.2) is 42.5 Å². The number of likely N-dealkylation sites (tertiary alicyclic amines) is 1. The average Bonchev–Trinajstić information content (AvgIpc) is 3.28. The molecule has 0 aliphatic carbocycles. The number of aryl methyl sites for hydroxylation is 1. The van der Waals surface area contributed by atoms with E-state index in [1.54, 1.807) is 13.8 Å². The van der Waals surface area contributed by atoms with Gasteiger partial charge in [-0.1, -0.05) is 37.3 Å². The Bertz CT molecular complexity index is 1140. The molecule has 1 heterocycles. The quantitative estimate of drug-likeness (QED) is 0.393. The summed E-state index contributed by atoms with van der Waals surface area (Å²) in [6, 6.07) is 10.1. The van der Waals surface area contributed by atoms with Gasteiger partial charge in [-0.15, -0.1) is 0 Å². The minimum absolute atomic E-state index is 0.0974. The van der Waals surface area contributed by atoms with Gasteiger partial charge in [0.1, 0.15) is 0 Å². The summed E-state index contributed by atoms with van der Waals surface area (Å²) in [5.74, 6) is -1.36. The molecule has 2 aromatic carbocycles. The number of urea groups is 1. The maximum Gasteiger partial charge on any atom is 0.418 e. The number of nitrogens with one attached hydrogen (secondary N) is 4. The van der Waals surface area contributed by atoms with E-state index in [4.69, 9.17) is 0 Å². The number of alkyl halides is 3. The molecule has 2 aromatic rings. The van der Waals surface area contributed by atoms with E-state index < -0.39 is 47.4 Å². The Hall–Kier alpha value is -3.60. The molecule has 1 aliphatic rings. The van der Waals surface area contributed by atoms with Crippen molar-refractivity contribution in [1.29, 1.82) is 0 Å². The molecule has 0 aromatic heterocycles. The van der Waals surface area contributed by atoms with Crippen LogP contribution < -0.4 is 21.3 Å². The van der Waals surface area contributed by atoms with Gasteiger partial charge in [-0.25, -0.2) is 4.79 Å². The highest BCUT2D eigenvalue weighted by Crippen LogP contribution is 2.36. The molecule has 1 atom stereocenters. The molecule has 4 N–H and O–H groups in total. The number of amides is 4. The zero-order valence-electron chi connectivity index (χ0n) is 21.7. The van der Waals surface area contributed by atoms with Gasteiger partial charge in [0.05, 0.1) is 23.4 Å². The van der Waals surface area contributed by atoms with E-state index in [9.17, 15) is 27.6 Å². The van der Waals surface area contributed by atoms with Gasteiger partial charge in [0.15, 0.2) is 0 Å². The molecule has 1 aliphatic heterocycles. The molecule has 38 heavy (non-hydrogen) atoms. The van der Waals surface area contributed by atoms with E-state index in [1.807, 2.05) is 0 Å². The normalized spacial score (nSPS) is 15.8. The third-order valence-electron chi connectivity index (χ3n) is 6.16. The summed E-state index contributed by atoms with van der Waals surface area (Å²) in [6.07, 6.45) is -3.08. The lowest BCUT2D eigenvalue weighted by Crippen LogP contribution is -2.43. The topological polar surface area (TPSA) is 103 Å². The predicted octanol–water partition coefficient (Wildman–Crippen LogP) is 3.92. The van der Waals surface area contributed by atoms with Crippen molar-refractivity contribution < 1.29 is 27.6 Å². The van der Waals surface area contributed by atoms with Crippen molar-refractivity contribution in [2.24, 2.45) is 0 Å². The molecule has 11 heteroatoms. The number of hydrogen-bond donors (Lipinski definition) is 4. The Kier molecular flexibility index (Phi) is 9.73. The number of benzene rings is 2. The van der Waals surface area contributed by atoms with E-state index in [2.05, 4.69) is 57.4 Å². The van der Waals surface area contributed by atoms with Crippen LogP contribution in [0.25, 0.3) is 0 Å². The predicted molar refractivity (Wildman–Crippen MR) is 139 cm³/mol. The fourth-order valence-electron chi connectivity index (χ4n) is 4.29. The molecule has 8 nitrogen and oxygen atoms in total. The number of para-hydroxylation sites is 1. The van der Waals surface area contributed by atoms with Crippen molar-refractivity contribution in [3.05, 3.63) is 64.7 Å². The first kappa shape index (κ1) is 29.0. The van der Waals surface area contributed by atoms with Gasteiger partial charge >= 0.3 is 12.2 Å². The third kappa shape index (κ3) is 8.20. The highest BCUT2D eigenvalue weighted by atomic mass is 19.4. The summed E-state index contributed by atoms with van der Waals surface area (Å²) < 4.78 is 40.7. The number of rotatable bonds is 9. The largest absolute Gasteiger partial charge is 0.418 e. The Balaban J connectivity index is 1.57. The molecule has 0 bridgehead atoms. The fraction of sp³-hybridized carbons (Fsp3) is 0.444. The molecule has 0 spiro atoms. The zero-order chi connectivity index (χ0) is 27.9. The van der Waals surface area contributed by atoms with Crippen LogP contribution in [-0.4, -0.2) is 54.5 Å². The van der Waals surface area contributed by atoms with Crippen LogP contribution in [0.4, 0.5) is 23.7 Å². The van der Waals surface area contributed by atoms with Crippen molar-refractivity contribution in [1.82, 2.24) is 20.9 Å². The van der Waals surface area contributed by atoms with Crippen LogP contribution in [-0.2, 0) is 23.9 Å². The maximum absolute atomic E-state index is 13.6. The molecule has 3 rings (SSSR count). The fourth-order valence-corrected chi connectivity index (χ4v) is 4.29. The summed E-state index contributed by atoms with van der Waals surface area (Å²) in [7, 11) is 0. The number of carbonyl (C=O) groups excluding carboxylic acids is 3. The molecule has 1 saturated heterocycles. The van der Waals surface area contributed by atoms with Crippen LogP contribution in [0, 0.1) is 0 Å². The number of anilines is 1. The van der Waals surface area contributed by atoms with E-state index in [-0.39, 0.29) is 12.1 Å². The van der Waals surface area contributed by atoms with Gasteiger partial charge in [-0.05, 0) is 49.9 Å². The van der Waals surface area contributed by atoms with Crippen molar-refractivity contribution in [2.75, 3.05) is 25.0 Å². The van der Waals surface area contributed by atoms with E-state index in [0.717, 1.165) is 44.1 Å². The first-order valence-electron chi connectivity index (χ1n) is 12.6. The molecule has 206 valence electrons. The first-order valence-corrected chi connectivity index (χ1v) is 12.6. The highest BCUT2D eigenvalue weighted by molar-refractivity contribution is 6.05. The molecule has 0 radical (unpaired) electrons. The number of halogens is 3. The molecular weight excluding hydrogens is 499 g/mol. The first-order chi connectivity index (χ1) is 18.0. The zero-order valence-corrected chi connectivity index (χ0v) is 21.7. The highest BCUT2D eigenvalue weighted by Gasteiger charge is 2.36. The van der Waals surface area contributed by atoms with Gasteiger partial charge < -0.3 is 21.3 Å². The Morgan fingerprint density at radius 3 is 2.37 bits per heavy atom. The SMILES string of the molecule is CCc1ccc(CN2CC[C@@H](NC(=O)CNC(=O)c3cccc(C(F)(F)F)c3NC(=O)NC(C)C)C2)cc1. The minimum Gasteiger partial charge on any atom is -0.350 e. The van der Waals surface area contributed by atoms with Gasteiger partial charge in [0.2, 0.25) is 5.91 Å². The van der Waals surface area contributed by atoms with Crippen LogP contribution in [0.3, 0.4) is 0 Å². The summed E-state index contributed by atoms with van der Waals surface area (Å²) >= 11 is 0. The second-order valence-corrected chi connectivity index (χ2v) is 9.62. The molecule has 0 saturated carbocycles. The van der Waals surface area contributed by atoms with Gasteiger partial charge in [-0.3, -0.25) is 14.5 Å². The summed E-state index contributed by atoms with van der Waals surface area (Å²) in [6.45, 7) is 7.22. The average molecular weight is 534 g/mol. The van der Waals surface area contributed by atoms with Crippen LogP contribution in [0.2, 0.25) is 0 Å². The smallest absolute Gasteiger partial charge is 0.350 e. The lowest BCUT2D eigenvalue weighted by molar-refractivity contribution is -0.137. The lowest BCUT2D eigenvalue weighted by Gasteiger charge is -2.19. The Labute approximate surface area is 220 Å². The standard InChI is InChI=1S/C27H34F3N5O3/c1-4-18-8-10-19(11-9-18)15-35-13-12-20(16-35)33-23(36)14-31-25(37)21-6-5-7-22(27(28,29)30)24(21)34-26(38)32-17(2)3/h5-11,17,20H,4,12-16H2,1-3H3,(H,31,37)(H,33,36)(H2,32,34,38)/t20-/m1/s1. The Morgan fingerprint density at radius 1 is 1.05 bits per heavy atom. The Morgan fingerprint density at radius 2 is 1.74 bits per heavy atom. The van der Waals surface area contributed by atoms with Crippen molar-refractivity contribution in [3.8, 4) is 0 Å². The molecular formula is C27H34F3N5O3. The van der Waals surface area contributed by atoms with E-state index >= 15 is 0 Å². The van der Waals surface area contributed by atoms with Crippen LogP contribution in [0.5, 0.6) is 0 Å². The second kappa shape index (κ2) is 12.8. The number of nitrogens with zero attached hydrogens (tertiary/aromatic N) is 1. The summed E-state index contributed by atoms with van der Waals surface area (Å²) in [5.41, 5.74) is 0.231. The van der Waals surface area contributed by atoms with E-state index in [0.29, 0.717) is 6.54 Å². The number of hydrogen-bond acceptors (Lipinski definition) is 4. The second-order valence-electron chi connectivity index (χ2n) is 9.62. The van der Waals surface area contributed by atoms with Crippen LogP contribution >= 0.6 is 0 Å². The monoisotopic (exact) mass is 533 g/mol. The molecule has 0 unspecified atom stereocenters. The van der Waals surface area contributed by atoms with Crippen LogP contribution in [0.1, 0.15) is 54.2 Å². The summed E-state index contributed by atoms with van der Waals surface area (Å²) in [5, 5.41) is 9.80. The molecule has 1 fully saturated rings. The minimum atomic E-state index is -4.81. The van der Waals surface area contributed by atoms with Crippen molar-refractivity contribution in [3.63, 3.8) is 0 Å². The third-order valence-corrected chi connectivity index (χ3v) is 6.16. The summed E-state index contributed by atoms with van der Waals surface area (Å²) in [4.78, 5) is 39.6. The van der Waals surface area contributed by atoms with Crippen molar-refractivity contribution in [2.45, 2.75) is 58.4 Å². The number of carbonyl (C=O) groups is 3. The lowest BCUT2D eigenvalue weighted by atomic mass is 10.1.